The molecule has 7 nitrogen and oxygen atoms in total. The molecule has 1 unspecified atom stereocenters. The zero-order valence-corrected chi connectivity index (χ0v) is 18.9. The first-order valence-electron chi connectivity index (χ1n) is 10.6. The maximum atomic E-state index is 13.8. The maximum absolute atomic E-state index is 13.8. The summed E-state index contributed by atoms with van der Waals surface area (Å²) in [6, 6.07) is 24.3. The van der Waals surface area contributed by atoms with Crippen molar-refractivity contribution in [2.45, 2.75) is 12.8 Å². The molecule has 1 amide bonds. The average Bonchev–Trinajstić information content (AvgIpc) is 2.85. The number of aromatic nitrogens is 2. The summed E-state index contributed by atoms with van der Waals surface area (Å²) in [5, 5.41) is 3.29. The van der Waals surface area contributed by atoms with Crippen molar-refractivity contribution in [2.24, 2.45) is 4.99 Å². The van der Waals surface area contributed by atoms with E-state index in [1.807, 2.05) is 6.07 Å². The molecule has 0 fully saturated rings. The molecule has 1 atom stereocenters. The minimum atomic E-state index is -0.759. The molecule has 8 heteroatoms. The summed E-state index contributed by atoms with van der Waals surface area (Å²) in [6.07, 6.45) is 0. The number of nitrogens with zero attached hydrogens (tertiary/aromatic N) is 3. The fourth-order valence-electron chi connectivity index (χ4n) is 4.03. The largest absolute Gasteiger partial charge is 0.340 e. The lowest BCUT2D eigenvalue weighted by Crippen LogP contribution is -2.51. The van der Waals surface area contributed by atoms with Gasteiger partial charge in [0.05, 0.1) is 28.7 Å². The Morgan fingerprint density at radius 1 is 0.794 bits per heavy atom. The summed E-state index contributed by atoms with van der Waals surface area (Å²) in [7, 11) is 0. The number of aliphatic imine (C=N–C) groups is 1. The molecule has 3 aromatic carbocycles. The molecule has 2 heterocycles. The predicted octanol–water partition coefficient (Wildman–Crippen LogP) is 3.95. The van der Waals surface area contributed by atoms with E-state index in [1.165, 1.54) is 4.57 Å². The molecule has 168 valence electrons. The minimum Gasteiger partial charge on any atom is -0.309 e. The summed E-state index contributed by atoms with van der Waals surface area (Å²) < 4.78 is 2.53. The summed E-state index contributed by atoms with van der Waals surface area (Å²) in [6.45, 7) is 1.67. The van der Waals surface area contributed by atoms with Crippen LogP contribution in [0.4, 0.5) is 5.69 Å². The van der Waals surface area contributed by atoms with Crippen LogP contribution in [0, 0.1) is 0 Å². The van der Waals surface area contributed by atoms with Gasteiger partial charge in [0.2, 0.25) is 5.91 Å². The highest BCUT2D eigenvalue weighted by Gasteiger charge is 2.35. The Kier molecular flexibility index (Phi) is 5.47. The van der Waals surface area contributed by atoms with Crippen LogP contribution in [-0.4, -0.2) is 20.9 Å². The van der Waals surface area contributed by atoms with E-state index in [1.54, 1.807) is 85.8 Å². The van der Waals surface area contributed by atoms with E-state index in [-0.39, 0.29) is 17.3 Å². The normalized spacial score (nSPS) is 16.2. The third-order valence-electron chi connectivity index (χ3n) is 5.67. The van der Waals surface area contributed by atoms with Crippen molar-refractivity contribution in [2.75, 3.05) is 0 Å². The molecule has 1 aliphatic rings. The van der Waals surface area contributed by atoms with Gasteiger partial charge in [-0.3, -0.25) is 14.2 Å². The number of benzene rings is 3. The Morgan fingerprint density at radius 2 is 1.35 bits per heavy atom. The van der Waals surface area contributed by atoms with Gasteiger partial charge in [-0.05, 0) is 55.5 Å². The van der Waals surface area contributed by atoms with Gasteiger partial charge in [-0.2, -0.15) is 0 Å². The molecule has 4 aromatic rings. The molecule has 0 aliphatic carbocycles. The Hall–Kier alpha value is -4.23. The number of carbonyl (C=O) groups is 1. The average molecular weight is 471 g/mol. The SMILES string of the molecule is CC1C(=O)NC(=Nc2ccc(Cl)cc2)c2c1n(-c1ccccc1)c(=O)n(-c1ccccc1)c2=O. The van der Waals surface area contributed by atoms with E-state index in [0.29, 0.717) is 27.8 Å². The third kappa shape index (κ3) is 3.66. The van der Waals surface area contributed by atoms with Crippen molar-refractivity contribution in [3.8, 4) is 11.4 Å². The quantitative estimate of drug-likeness (QED) is 0.492. The van der Waals surface area contributed by atoms with Crippen molar-refractivity contribution < 1.29 is 4.79 Å². The smallest absolute Gasteiger partial charge is 0.309 e. The minimum absolute atomic E-state index is 0.0831. The first kappa shape index (κ1) is 21.6. The molecular weight excluding hydrogens is 452 g/mol. The Balaban J connectivity index is 1.91. The number of para-hydroxylation sites is 2. The Bertz CT molecular complexity index is 1540. The van der Waals surface area contributed by atoms with Crippen molar-refractivity contribution in [3.63, 3.8) is 0 Å². The standard InChI is InChI=1S/C26H19ClN4O3/c1-16-22-21(23(29-24(16)32)28-18-14-12-17(27)13-15-18)25(33)31(20-10-6-3-7-11-20)26(34)30(22)19-8-4-2-5-9-19/h2-16H,1H3,(H,28,29,32). The first-order chi connectivity index (χ1) is 16.5. The third-order valence-corrected chi connectivity index (χ3v) is 5.93. The lowest BCUT2D eigenvalue weighted by atomic mass is 9.95. The summed E-state index contributed by atoms with van der Waals surface area (Å²) in [5.41, 5.74) is 0.801. The summed E-state index contributed by atoms with van der Waals surface area (Å²) in [4.78, 5) is 45.1. The van der Waals surface area contributed by atoms with Gasteiger partial charge >= 0.3 is 5.69 Å². The molecule has 1 N–H and O–H groups in total. The Morgan fingerprint density at radius 3 is 1.94 bits per heavy atom. The van der Waals surface area contributed by atoms with E-state index in [4.69, 9.17) is 11.6 Å². The molecule has 0 saturated heterocycles. The van der Waals surface area contributed by atoms with Gasteiger partial charge in [0.25, 0.3) is 5.56 Å². The zero-order valence-electron chi connectivity index (χ0n) is 18.1. The molecule has 5 rings (SSSR count). The lowest BCUT2D eigenvalue weighted by molar-refractivity contribution is -0.121. The predicted molar refractivity (Wildman–Crippen MR) is 132 cm³/mol. The van der Waals surface area contributed by atoms with E-state index >= 15 is 0 Å². The number of hydrogen-bond donors (Lipinski definition) is 1. The van der Waals surface area contributed by atoms with Gasteiger partial charge in [-0.1, -0.05) is 48.0 Å². The van der Waals surface area contributed by atoms with Gasteiger partial charge < -0.3 is 5.32 Å². The van der Waals surface area contributed by atoms with Crippen LogP contribution in [0.25, 0.3) is 11.4 Å². The molecule has 0 radical (unpaired) electrons. The number of nitrogens with one attached hydrogen (secondary N) is 1. The van der Waals surface area contributed by atoms with Crippen molar-refractivity contribution in [3.05, 3.63) is 122 Å². The van der Waals surface area contributed by atoms with Gasteiger partial charge in [0, 0.05) is 5.02 Å². The van der Waals surface area contributed by atoms with Gasteiger partial charge in [-0.25, -0.2) is 14.4 Å². The van der Waals surface area contributed by atoms with Gasteiger partial charge in [0.1, 0.15) is 11.4 Å². The fourth-order valence-corrected chi connectivity index (χ4v) is 4.15. The maximum Gasteiger partial charge on any atom is 0.340 e. The second-order valence-corrected chi connectivity index (χ2v) is 8.27. The fraction of sp³-hybridized carbons (Fsp3) is 0.0769. The van der Waals surface area contributed by atoms with E-state index in [0.717, 1.165) is 4.57 Å². The monoisotopic (exact) mass is 470 g/mol. The van der Waals surface area contributed by atoms with Crippen molar-refractivity contribution in [1.82, 2.24) is 14.5 Å². The second kappa shape index (κ2) is 8.61. The summed E-state index contributed by atoms with van der Waals surface area (Å²) >= 11 is 5.99. The zero-order chi connectivity index (χ0) is 23.8. The molecule has 34 heavy (non-hydrogen) atoms. The van der Waals surface area contributed by atoms with Crippen LogP contribution in [0.3, 0.4) is 0 Å². The number of hydrogen-bond acceptors (Lipinski definition) is 4. The van der Waals surface area contributed by atoms with E-state index in [2.05, 4.69) is 10.3 Å². The number of amidine groups is 1. The molecule has 0 bridgehead atoms. The van der Waals surface area contributed by atoms with E-state index < -0.39 is 17.2 Å². The summed E-state index contributed by atoms with van der Waals surface area (Å²) in [5.74, 6) is -1.04. The number of rotatable bonds is 3. The number of halogens is 1. The van der Waals surface area contributed by atoms with Crippen LogP contribution in [0.1, 0.15) is 24.1 Å². The van der Waals surface area contributed by atoms with E-state index in [9.17, 15) is 14.4 Å². The first-order valence-corrected chi connectivity index (χ1v) is 11.0. The second-order valence-electron chi connectivity index (χ2n) is 7.84. The van der Waals surface area contributed by atoms with Gasteiger partial charge in [0.15, 0.2) is 0 Å². The van der Waals surface area contributed by atoms with Gasteiger partial charge in [-0.15, -0.1) is 0 Å². The number of fused-ring (bicyclic) bond motifs is 1. The highest BCUT2D eigenvalue weighted by Crippen LogP contribution is 2.26. The van der Waals surface area contributed by atoms with Crippen LogP contribution in [-0.2, 0) is 4.79 Å². The molecular formula is C26H19ClN4O3. The number of carbonyl (C=O) groups excluding carboxylic acids is 1. The van der Waals surface area contributed by atoms with Crippen molar-refractivity contribution >= 4 is 29.0 Å². The van der Waals surface area contributed by atoms with Crippen LogP contribution in [0.2, 0.25) is 5.02 Å². The highest BCUT2D eigenvalue weighted by atomic mass is 35.5. The van der Waals surface area contributed by atoms with Crippen LogP contribution in [0.15, 0.2) is 99.5 Å². The molecule has 1 aliphatic heterocycles. The van der Waals surface area contributed by atoms with Crippen LogP contribution >= 0.6 is 11.6 Å². The van der Waals surface area contributed by atoms with Crippen LogP contribution in [0.5, 0.6) is 0 Å². The van der Waals surface area contributed by atoms with Crippen LogP contribution < -0.4 is 16.6 Å². The molecule has 1 aromatic heterocycles. The number of amides is 1. The lowest BCUT2D eigenvalue weighted by Gasteiger charge is -2.28. The highest BCUT2D eigenvalue weighted by molar-refractivity contribution is 6.30. The Labute approximate surface area is 199 Å². The topological polar surface area (TPSA) is 85.5 Å². The molecule has 0 spiro atoms. The molecule has 0 saturated carbocycles. The van der Waals surface area contributed by atoms with Crippen molar-refractivity contribution in [1.29, 1.82) is 0 Å².